The third kappa shape index (κ3) is 4.78. The molecule has 8 heteroatoms. The first kappa shape index (κ1) is 19.5. The van der Waals surface area contributed by atoms with Gasteiger partial charge >= 0.3 is 0 Å². The van der Waals surface area contributed by atoms with Crippen LogP contribution in [0.4, 0.5) is 11.5 Å². The smallest absolute Gasteiger partial charge is 0.239 e. The maximum Gasteiger partial charge on any atom is 0.239 e. The molecule has 0 unspecified atom stereocenters. The van der Waals surface area contributed by atoms with Crippen LogP contribution in [0.1, 0.15) is 4.88 Å². The zero-order chi connectivity index (χ0) is 20.1. The molecule has 0 atom stereocenters. The number of nitrogens with one attached hydrogen (secondary N) is 1. The maximum absolute atomic E-state index is 12.6. The van der Waals surface area contributed by atoms with Gasteiger partial charge in [0.05, 0.1) is 32.1 Å². The first-order valence-electron chi connectivity index (χ1n) is 9.67. The molecule has 0 spiro atoms. The largest absolute Gasteiger partial charge is 0.495 e. The first-order chi connectivity index (χ1) is 14.2. The van der Waals surface area contributed by atoms with Crippen LogP contribution in [0, 0.1) is 0 Å². The summed E-state index contributed by atoms with van der Waals surface area (Å²) in [5.74, 6) is 1.61. The second kappa shape index (κ2) is 9.11. The van der Waals surface area contributed by atoms with E-state index in [1.165, 1.54) is 4.88 Å². The summed E-state index contributed by atoms with van der Waals surface area (Å²) in [7, 11) is 1.70. The lowest BCUT2D eigenvalue weighted by Gasteiger charge is -2.36. The SMILES string of the molecule is COc1ccccc1N1CCN(CC(=O)Nc2ccnn2Cc2cccs2)CC1. The van der Waals surface area contributed by atoms with Crippen LogP contribution in [-0.2, 0) is 11.3 Å². The molecule has 152 valence electrons. The van der Waals surface area contributed by atoms with Crippen molar-refractivity contribution in [3.8, 4) is 5.75 Å². The van der Waals surface area contributed by atoms with Crippen LogP contribution in [0.25, 0.3) is 0 Å². The average Bonchev–Trinajstić information content (AvgIpc) is 3.41. The van der Waals surface area contributed by atoms with Crippen LogP contribution in [0.5, 0.6) is 5.75 Å². The number of carbonyl (C=O) groups is 1. The summed E-state index contributed by atoms with van der Waals surface area (Å²) < 4.78 is 7.29. The quantitative estimate of drug-likeness (QED) is 0.648. The van der Waals surface area contributed by atoms with E-state index < -0.39 is 0 Å². The van der Waals surface area contributed by atoms with Gasteiger partial charge in [-0.05, 0) is 23.6 Å². The van der Waals surface area contributed by atoms with Crippen LogP contribution in [0.2, 0.25) is 0 Å². The van der Waals surface area contributed by atoms with Crippen molar-refractivity contribution in [2.24, 2.45) is 0 Å². The standard InChI is InChI=1S/C21H25N5O2S/c1-28-19-7-3-2-6-18(19)25-12-10-24(11-13-25)16-21(27)23-20-8-9-22-26(20)15-17-5-4-14-29-17/h2-9,14H,10-13,15-16H2,1H3,(H,23,27). The highest BCUT2D eigenvalue weighted by Gasteiger charge is 2.21. The molecule has 7 nitrogen and oxygen atoms in total. The highest BCUT2D eigenvalue weighted by molar-refractivity contribution is 7.09. The second-order valence-corrected chi connectivity index (χ2v) is 7.97. The average molecular weight is 412 g/mol. The van der Waals surface area contributed by atoms with Gasteiger partial charge < -0.3 is 15.0 Å². The van der Waals surface area contributed by atoms with E-state index in [1.54, 1.807) is 24.6 Å². The van der Waals surface area contributed by atoms with Gasteiger partial charge in [0.15, 0.2) is 0 Å². The van der Waals surface area contributed by atoms with Crippen molar-refractivity contribution in [3.63, 3.8) is 0 Å². The van der Waals surface area contributed by atoms with E-state index >= 15 is 0 Å². The molecule has 1 saturated heterocycles. The molecule has 0 bridgehead atoms. The fourth-order valence-electron chi connectivity index (χ4n) is 3.54. The fraction of sp³-hybridized carbons (Fsp3) is 0.333. The van der Waals surface area contributed by atoms with Crippen molar-refractivity contribution < 1.29 is 9.53 Å². The number of hydrogen-bond donors (Lipinski definition) is 1. The predicted octanol–water partition coefficient (Wildman–Crippen LogP) is 2.76. The Hall–Kier alpha value is -2.84. The monoisotopic (exact) mass is 411 g/mol. The molecule has 29 heavy (non-hydrogen) atoms. The van der Waals surface area contributed by atoms with Crippen molar-refractivity contribution >= 4 is 28.7 Å². The van der Waals surface area contributed by atoms with Gasteiger partial charge in [-0.3, -0.25) is 9.69 Å². The lowest BCUT2D eigenvalue weighted by Crippen LogP contribution is -2.48. The third-order valence-electron chi connectivity index (χ3n) is 5.04. The Morgan fingerprint density at radius 1 is 1.14 bits per heavy atom. The molecule has 1 aromatic carbocycles. The number of anilines is 2. The number of benzene rings is 1. The van der Waals surface area contributed by atoms with Gasteiger partial charge in [-0.1, -0.05) is 18.2 Å². The maximum atomic E-state index is 12.6. The Morgan fingerprint density at radius 2 is 1.97 bits per heavy atom. The number of aromatic nitrogens is 2. The molecule has 4 rings (SSSR count). The number of ether oxygens (including phenoxy) is 1. The molecule has 1 fully saturated rings. The molecule has 2 aromatic heterocycles. The van der Waals surface area contributed by atoms with Crippen LogP contribution in [0.3, 0.4) is 0 Å². The predicted molar refractivity (Wildman–Crippen MR) is 116 cm³/mol. The Bertz CT molecular complexity index is 932. The Labute approximate surface area is 174 Å². The van der Waals surface area contributed by atoms with Crippen LogP contribution in [0.15, 0.2) is 54.0 Å². The summed E-state index contributed by atoms with van der Waals surface area (Å²) in [5.41, 5.74) is 1.11. The number of rotatable bonds is 7. The number of piperazine rings is 1. The summed E-state index contributed by atoms with van der Waals surface area (Å²) in [5, 5.41) is 9.37. The molecule has 0 radical (unpaired) electrons. The lowest BCUT2D eigenvalue weighted by atomic mass is 10.2. The molecule has 1 N–H and O–H groups in total. The van der Waals surface area contributed by atoms with Crippen molar-refractivity contribution in [1.82, 2.24) is 14.7 Å². The normalized spacial score (nSPS) is 14.7. The van der Waals surface area contributed by atoms with Crippen molar-refractivity contribution in [3.05, 3.63) is 58.9 Å². The molecule has 1 aliphatic rings. The van der Waals surface area contributed by atoms with E-state index in [1.807, 2.05) is 40.4 Å². The molecule has 1 amide bonds. The molecular formula is C21H25N5O2S. The summed E-state index contributed by atoms with van der Waals surface area (Å²) in [4.78, 5) is 18.3. The Kier molecular flexibility index (Phi) is 6.12. The van der Waals surface area contributed by atoms with Crippen molar-refractivity contribution in [1.29, 1.82) is 0 Å². The minimum absolute atomic E-state index is 0.0105. The molecular weight excluding hydrogens is 386 g/mol. The van der Waals surface area contributed by atoms with Gasteiger partial charge in [0, 0.05) is 37.1 Å². The summed E-state index contributed by atoms with van der Waals surface area (Å²) in [6.07, 6.45) is 1.72. The van der Waals surface area contributed by atoms with Gasteiger partial charge in [0.1, 0.15) is 11.6 Å². The fourth-order valence-corrected chi connectivity index (χ4v) is 4.22. The van der Waals surface area contributed by atoms with Crippen LogP contribution >= 0.6 is 11.3 Å². The number of para-hydroxylation sites is 2. The number of nitrogens with zero attached hydrogens (tertiary/aromatic N) is 4. The minimum Gasteiger partial charge on any atom is -0.495 e. The number of methoxy groups -OCH3 is 1. The lowest BCUT2D eigenvalue weighted by molar-refractivity contribution is -0.117. The molecule has 3 aromatic rings. The molecule has 0 saturated carbocycles. The minimum atomic E-state index is -0.0105. The van der Waals surface area contributed by atoms with Gasteiger partial charge in [-0.15, -0.1) is 11.3 Å². The van der Waals surface area contributed by atoms with Gasteiger partial charge in [0.2, 0.25) is 5.91 Å². The highest BCUT2D eigenvalue weighted by atomic mass is 32.1. The van der Waals surface area contributed by atoms with E-state index in [4.69, 9.17) is 4.74 Å². The van der Waals surface area contributed by atoms with Gasteiger partial charge in [-0.2, -0.15) is 5.10 Å². The molecule has 1 aliphatic heterocycles. The molecule has 0 aliphatic carbocycles. The van der Waals surface area contributed by atoms with E-state index in [9.17, 15) is 4.79 Å². The first-order valence-corrected chi connectivity index (χ1v) is 10.6. The summed E-state index contributed by atoms with van der Waals surface area (Å²) in [6.45, 7) is 4.44. The third-order valence-corrected chi connectivity index (χ3v) is 5.90. The van der Waals surface area contributed by atoms with Crippen LogP contribution in [-0.4, -0.2) is 60.4 Å². The Morgan fingerprint density at radius 3 is 2.72 bits per heavy atom. The Balaban J connectivity index is 1.29. The zero-order valence-corrected chi connectivity index (χ0v) is 17.3. The van der Waals surface area contributed by atoms with Crippen molar-refractivity contribution in [2.45, 2.75) is 6.54 Å². The number of thiophene rings is 1. The number of carbonyl (C=O) groups excluding carboxylic acids is 1. The summed E-state index contributed by atoms with van der Waals surface area (Å²) in [6, 6.07) is 14.0. The van der Waals surface area contributed by atoms with E-state index in [0.717, 1.165) is 43.4 Å². The van der Waals surface area contributed by atoms with E-state index in [-0.39, 0.29) is 5.91 Å². The van der Waals surface area contributed by atoms with E-state index in [2.05, 4.69) is 32.3 Å². The topological polar surface area (TPSA) is 62.6 Å². The van der Waals surface area contributed by atoms with E-state index in [0.29, 0.717) is 13.1 Å². The number of amides is 1. The van der Waals surface area contributed by atoms with Crippen LogP contribution < -0.4 is 15.0 Å². The van der Waals surface area contributed by atoms with Gasteiger partial charge in [0.25, 0.3) is 0 Å². The highest BCUT2D eigenvalue weighted by Crippen LogP contribution is 2.28. The summed E-state index contributed by atoms with van der Waals surface area (Å²) >= 11 is 1.68. The van der Waals surface area contributed by atoms with Gasteiger partial charge in [-0.25, -0.2) is 4.68 Å². The number of hydrogen-bond acceptors (Lipinski definition) is 6. The molecule has 3 heterocycles. The second-order valence-electron chi connectivity index (χ2n) is 6.94. The van der Waals surface area contributed by atoms with Crippen molar-refractivity contribution in [2.75, 3.05) is 50.1 Å². The zero-order valence-electron chi connectivity index (χ0n) is 16.5.